The van der Waals surface area contributed by atoms with Crippen LogP contribution in [0, 0.1) is 0 Å². The maximum atomic E-state index is 12.6. The first-order chi connectivity index (χ1) is 10.2. The fraction of sp³-hybridized carbons (Fsp3) is 0.562. The molecule has 3 rings (SSSR count). The van der Waals surface area contributed by atoms with Crippen molar-refractivity contribution in [3.05, 3.63) is 36.9 Å². The van der Waals surface area contributed by atoms with Crippen LogP contribution in [0.4, 0.5) is 0 Å². The molecule has 112 valence electrons. The third-order valence-corrected chi connectivity index (χ3v) is 4.72. The largest absolute Gasteiger partial charge is 0.335 e. The predicted octanol–water partition coefficient (Wildman–Crippen LogP) is 1.73. The molecule has 3 heterocycles. The summed E-state index contributed by atoms with van der Waals surface area (Å²) in [5.74, 6) is 0.00706. The number of nitrogens with zero attached hydrogens (tertiary/aromatic N) is 4. The van der Waals surface area contributed by atoms with Crippen molar-refractivity contribution in [3.63, 3.8) is 0 Å². The molecule has 21 heavy (non-hydrogen) atoms. The van der Waals surface area contributed by atoms with E-state index in [-0.39, 0.29) is 11.4 Å². The van der Waals surface area contributed by atoms with E-state index in [2.05, 4.69) is 21.4 Å². The first kappa shape index (κ1) is 14.2. The molecule has 0 bridgehead atoms. The minimum absolute atomic E-state index is 0.00706. The Morgan fingerprint density at radius 1 is 1.33 bits per heavy atom. The number of aromatic nitrogens is 2. The molecule has 0 N–H and O–H groups in total. The van der Waals surface area contributed by atoms with Crippen LogP contribution in [0.25, 0.3) is 0 Å². The summed E-state index contributed by atoms with van der Waals surface area (Å²) in [5.41, 5.74) is 0.590. The molecule has 1 aromatic rings. The predicted molar refractivity (Wildman–Crippen MR) is 80.9 cm³/mol. The number of piperidine rings is 1. The van der Waals surface area contributed by atoms with Crippen molar-refractivity contribution in [1.29, 1.82) is 0 Å². The van der Waals surface area contributed by atoms with Crippen molar-refractivity contribution in [2.75, 3.05) is 26.2 Å². The second-order valence-electron chi connectivity index (χ2n) is 5.98. The van der Waals surface area contributed by atoms with Gasteiger partial charge in [-0.25, -0.2) is 4.98 Å². The molecule has 2 saturated heterocycles. The number of carbonyl (C=O) groups excluding carboxylic acids is 1. The summed E-state index contributed by atoms with van der Waals surface area (Å²) in [4.78, 5) is 25.2. The molecule has 0 saturated carbocycles. The summed E-state index contributed by atoms with van der Waals surface area (Å²) in [6.45, 7) is 7.50. The van der Waals surface area contributed by atoms with Crippen molar-refractivity contribution in [3.8, 4) is 0 Å². The van der Waals surface area contributed by atoms with Gasteiger partial charge in [0, 0.05) is 37.6 Å². The first-order valence-corrected chi connectivity index (χ1v) is 7.66. The SMILES string of the molecule is C=CCN1CCCC12CCCN(C(=O)c1cnccn1)C2. The van der Waals surface area contributed by atoms with E-state index in [0.717, 1.165) is 32.6 Å². The first-order valence-electron chi connectivity index (χ1n) is 7.66. The molecule has 1 amide bonds. The summed E-state index contributed by atoms with van der Waals surface area (Å²) >= 11 is 0. The molecule has 1 atom stereocenters. The molecule has 5 nitrogen and oxygen atoms in total. The highest BCUT2D eigenvalue weighted by Crippen LogP contribution is 2.37. The fourth-order valence-electron chi connectivity index (χ4n) is 3.75. The van der Waals surface area contributed by atoms with Gasteiger partial charge in [0.1, 0.15) is 5.69 Å². The quantitative estimate of drug-likeness (QED) is 0.794. The number of carbonyl (C=O) groups is 1. The maximum Gasteiger partial charge on any atom is 0.274 e. The molecule has 2 aliphatic heterocycles. The van der Waals surface area contributed by atoms with Gasteiger partial charge in [-0.05, 0) is 32.2 Å². The van der Waals surface area contributed by atoms with E-state index < -0.39 is 0 Å². The van der Waals surface area contributed by atoms with Gasteiger partial charge in [-0.2, -0.15) is 0 Å². The molecule has 0 radical (unpaired) electrons. The molecule has 1 spiro atoms. The highest BCUT2D eigenvalue weighted by atomic mass is 16.2. The Bertz CT molecular complexity index is 518. The van der Waals surface area contributed by atoms with E-state index >= 15 is 0 Å². The Morgan fingerprint density at radius 2 is 2.14 bits per heavy atom. The van der Waals surface area contributed by atoms with Gasteiger partial charge in [-0.1, -0.05) is 6.08 Å². The van der Waals surface area contributed by atoms with Crippen molar-refractivity contribution in [2.24, 2.45) is 0 Å². The van der Waals surface area contributed by atoms with Crippen molar-refractivity contribution in [2.45, 2.75) is 31.2 Å². The summed E-state index contributed by atoms with van der Waals surface area (Å²) in [7, 11) is 0. The summed E-state index contributed by atoms with van der Waals surface area (Å²) in [6.07, 6.45) is 11.3. The zero-order valence-electron chi connectivity index (χ0n) is 12.4. The Labute approximate surface area is 125 Å². The Balaban J connectivity index is 1.76. The van der Waals surface area contributed by atoms with Gasteiger partial charge in [0.2, 0.25) is 0 Å². The van der Waals surface area contributed by atoms with Gasteiger partial charge in [0.15, 0.2) is 0 Å². The number of hydrogen-bond donors (Lipinski definition) is 0. The van der Waals surface area contributed by atoms with Crippen LogP contribution in [0.2, 0.25) is 0 Å². The number of likely N-dealkylation sites (tertiary alicyclic amines) is 2. The van der Waals surface area contributed by atoms with Crippen LogP contribution < -0.4 is 0 Å². The second kappa shape index (κ2) is 5.93. The van der Waals surface area contributed by atoms with Gasteiger partial charge >= 0.3 is 0 Å². The van der Waals surface area contributed by atoms with E-state index in [4.69, 9.17) is 0 Å². The average Bonchev–Trinajstić information content (AvgIpc) is 2.90. The van der Waals surface area contributed by atoms with Gasteiger partial charge in [0.05, 0.1) is 6.20 Å². The normalized spacial score (nSPS) is 26.2. The Kier molecular flexibility index (Phi) is 4.01. The van der Waals surface area contributed by atoms with Gasteiger partial charge < -0.3 is 4.90 Å². The lowest BCUT2D eigenvalue weighted by molar-refractivity contribution is 0.0362. The van der Waals surface area contributed by atoms with Crippen LogP contribution >= 0.6 is 0 Å². The summed E-state index contributed by atoms with van der Waals surface area (Å²) in [5, 5.41) is 0. The van der Waals surface area contributed by atoms with Crippen molar-refractivity contribution < 1.29 is 4.79 Å². The van der Waals surface area contributed by atoms with Crippen LogP contribution in [-0.4, -0.2) is 57.4 Å². The monoisotopic (exact) mass is 286 g/mol. The van der Waals surface area contributed by atoms with Crippen LogP contribution in [-0.2, 0) is 0 Å². The number of amides is 1. The minimum Gasteiger partial charge on any atom is -0.335 e. The maximum absolute atomic E-state index is 12.6. The van der Waals surface area contributed by atoms with Gasteiger partial charge in [0.25, 0.3) is 5.91 Å². The molecular weight excluding hydrogens is 264 g/mol. The summed E-state index contributed by atoms with van der Waals surface area (Å²) in [6, 6.07) is 0. The van der Waals surface area contributed by atoms with Crippen LogP contribution in [0.15, 0.2) is 31.2 Å². The molecule has 1 unspecified atom stereocenters. The van der Waals surface area contributed by atoms with E-state index in [0.29, 0.717) is 5.69 Å². The standard InChI is InChI=1S/C16H22N4O/c1-2-9-20-11-4-6-16(20)5-3-10-19(13-16)15(21)14-12-17-7-8-18-14/h2,7-8,12H,1,3-6,9-11,13H2. The lowest BCUT2D eigenvalue weighted by atomic mass is 9.86. The third-order valence-electron chi connectivity index (χ3n) is 4.72. The van der Waals surface area contributed by atoms with Crippen LogP contribution in [0.1, 0.15) is 36.2 Å². The minimum atomic E-state index is 0.00706. The topological polar surface area (TPSA) is 49.3 Å². The Morgan fingerprint density at radius 3 is 2.86 bits per heavy atom. The molecule has 2 aliphatic rings. The second-order valence-corrected chi connectivity index (χ2v) is 5.98. The lowest BCUT2D eigenvalue weighted by Gasteiger charge is -2.45. The van der Waals surface area contributed by atoms with E-state index in [1.165, 1.54) is 19.3 Å². The lowest BCUT2D eigenvalue weighted by Crippen LogP contribution is -2.57. The van der Waals surface area contributed by atoms with Crippen LogP contribution in [0.5, 0.6) is 0 Å². The smallest absolute Gasteiger partial charge is 0.274 e. The summed E-state index contributed by atoms with van der Waals surface area (Å²) < 4.78 is 0. The number of rotatable bonds is 3. The molecule has 5 heteroatoms. The molecular formula is C16H22N4O. The van der Waals surface area contributed by atoms with Crippen molar-refractivity contribution in [1.82, 2.24) is 19.8 Å². The van der Waals surface area contributed by atoms with Crippen molar-refractivity contribution >= 4 is 5.91 Å². The van der Waals surface area contributed by atoms with Gasteiger partial charge in [-0.3, -0.25) is 14.7 Å². The zero-order chi connectivity index (χ0) is 14.7. The van der Waals surface area contributed by atoms with E-state index in [1.807, 2.05) is 11.0 Å². The fourth-order valence-corrected chi connectivity index (χ4v) is 3.75. The zero-order valence-corrected chi connectivity index (χ0v) is 12.4. The average molecular weight is 286 g/mol. The highest BCUT2D eigenvalue weighted by molar-refractivity contribution is 5.92. The van der Waals surface area contributed by atoms with E-state index in [1.54, 1.807) is 18.6 Å². The third kappa shape index (κ3) is 2.70. The highest BCUT2D eigenvalue weighted by Gasteiger charge is 2.44. The Hall–Kier alpha value is -1.75. The van der Waals surface area contributed by atoms with Gasteiger partial charge in [-0.15, -0.1) is 6.58 Å². The van der Waals surface area contributed by atoms with Crippen LogP contribution in [0.3, 0.4) is 0 Å². The molecule has 0 aromatic carbocycles. The van der Waals surface area contributed by atoms with E-state index in [9.17, 15) is 4.79 Å². The molecule has 0 aliphatic carbocycles. The molecule has 1 aromatic heterocycles. The number of hydrogen-bond acceptors (Lipinski definition) is 4. The molecule has 2 fully saturated rings.